The number of carbonyl (C=O) groups is 1. The standard InChI is InChI=1S/C22H26N4O3/c1-2-3-4-7-18-14-19(29-25-18)16-28-26-22(27)20-8-5-6-9-21(20)24-15-17-10-12-23-13-11-17/h5-6,8-14,24H,2-4,7,15-16H2,1H3,(H,26,27). The van der Waals surface area contributed by atoms with Crippen LogP contribution in [0, 0.1) is 0 Å². The molecule has 7 heteroatoms. The van der Waals surface area contributed by atoms with Crippen LogP contribution >= 0.6 is 0 Å². The summed E-state index contributed by atoms with van der Waals surface area (Å²) < 4.78 is 5.25. The first kappa shape index (κ1) is 20.5. The van der Waals surface area contributed by atoms with Crippen molar-refractivity contribution in [1.82, 2.24) is 15.6 Å². The number of anilines is 1. The molecule has 7 nitrogen and oxygen atoms in total. The first-order chi connectivity index (χ1) is 14.3. The van der Waals surface area contributed by atoms with Gasteiger partial charge in [0.25, 0.3) is 5.91 Å². The van der Waals surface area contributed by atoms with E-state index in [1.807, 2.05) is 36.4 Å². The molecule has 1 amide bonds. The molecule has 0 saturated heterocycles. The van der Waals surface area contributed by atoms with Crippen LogP contribution in [-0.4, -0.2) is 16.0 Å². The minimum atomic E-state index is -0.328. The molecule has 0 aliphatic rings. The second-order valence-corrected chi connectivity index (χ2v) is 6.72. The lowest BCUT2D eigenvalue weighted by molar-refractivity contribution is 0.0156. The molecule has 0 fully saturated rings. The van der Waals surface area contributed by atoms with Gasteiger partial charge in [0.2, 0.25) is 0 Å². The van der Waals surface area contributed by atoms with Crippen LogP contribution in [0.2, 0.25) is 0 Å². The summed E-state index contributed by atoms with van der Waals surface area (Å²) >= 11 is 0. The maximum atomic E-state index is 12.5. The summed E-state index contributed by atoms with van der Waals surface area (Å²) in [6, 6.07) is 13.0. The van der Waals surface area contributed by atoms with Crippen LogP contribution in [0.5, 0.6) is 0 Å². The molecule has 0 bridgehead atoms. The molecule has 0 atom stereocenters. The summed E-state index contributed by atoms with van der Waals surface area (Å²) in [5.41, 5.74) is 5.68. The molecule has 152 valence electrons. The van der Waals surface area contributed by atoms with Gasteiger partial charge >= 0.3 is 0 Å². The van der Waals surface area contributed by atoms with E-state index in [4.69, 9.17) is 9.36 Å². The average molecular weight is 394 g/mol. The highest BCUT2D eigenvalue weighted by Gasteiger charge is 2.12. The molecule has 29 heavy (non-hydrogen) atoms. The predicted octanol–water partition coefficient (Wildman–Crippen LogP) is 4.28. The highest BCUT2D eigenvalue weighted by Crippen LogP contribution is 2.16. The van der Waals surface area contributed by atoms with Crippen molar-refractivity contribution in [3.8, 4) is 0 Å². The van der Waals surface area contributed by atoms with Gasteiger partial charge in [0.15, 0.2) is 5.76 Å². The Morgan fingerprint density at radius 1 is 1.14 bits per heavy atom. The van der Waals surface area contributed by atoms with Gasteiger partial charge in [-0.1, -0.05) is 37.1 Å². The average Bonchev–Trinajstić information content (AvgIpc) is 3.21. The Balaban J connectivity index is 1.49. The SMILES string of the molecule is CCCCCc1cc(CONC(=O)c2ccccc2NCc2ccncc2)on1. The zero-order chi connectivity index (χ0) is 20.3. The second kappa shape index (κ2) is 11.0. The Kier molecular flexibility index (Phi) is 7.77. The number of rotatable bonds is 11. The molecule has 0 spiro atoms. The van der Waals surface area contributed by atoms with Crippen LogP contribution in [0.25, 0.3) is 0 Å². The largest absolute Gasteiger partial charge is 0.380 e. The molecule has 2 N–H and O–H groups in total. The van der Waals surface area contributed by atoms with Crippen molar-refractivity contribution in [3.05, 3.63) is 77.4 Å². The first-order valence-corrected chi connectivity index (χ1v) is 9.84. The van der Waals surface area contributed by atoms with Crippen molar-refractivity contribution in [2.24, 2.45) is 0 Å². The van der Waals surface area contributed by atoms with Gasteiger partial charge in [-0.2, -0.15) is 0 Å². The number of pyridine rings is 1. The maximum Gasteiger partial charge on any atom is 0.276 e. The Labute approximate surface area is 170 Å². The topological polar surface area (TPSA) is 89.3 Å². The number of nitrogens with one attached hydrogen (secondary N) is 2. The normalized spacial score (nSPS) is 10.7. The number of hydrogen-bond donors (Lipinski definition) is 2. The monoisotopic (exact) mass is 394 g/mol. The lowest BCUT2D eigenvalue weighted by Crippen LogP contribution is -2.24. The summed E-state index contributed by atoms with van der Waals surface area (Å²) in [7, 11) is 0. The highest BCUT2D eigenvalue weighted by molar-refractivity contribution is 5.98. The van der Waals surface area contributed by atoms with Crippen molar-refractivity contribution < 1.29 is 14.2 Å². The van der Waals surface area contributed by atoms with Crippen LogP contribution in [0.15, 0.2) is 59.4 Å². The molecule has 0 saturated carbocycles. The number of unbranched alkanes of at least 4 members (excludes halogenated alkanes) is 2. The van der Waals surface area contributed by atoms with Crippen LogP contribution < -0.4 is 10.8 Å². The number of benzene rings is 1. The molecule has 2 heterocycles. The van der Waals surface area contributed by atoms with Crippen LogP contribution in [0.1, 0.15) is 53.6 Å². The Morgan fingerprint density at radius 2 is 1.97 bits per heavy atom. The molecule has 0 radical (unpaired) electrons. The fourth-order valence-electron chi connectivity index (χ4n) is 2.86. The third-order valence-electron chi connectivity index (χ3n) is 4.43. The number of carbonyl (C=O) groups excluding carboxylic acids is 1. The first-order valence-electron chi connectivity index (χ1n) is 9.84. The van der Waals surface area contributed by atoms with Gasteiger partial charge in [-0.3, -0.25) is 14.6 Å². The van der Waals surface area contributed by atoms with Crippen molar-refractivity contribution in [2.75, 3.05) is 5.32 Å². The van der Waals surface area contributed by atoms with E-state index in [0.717, 1.165) is 29.8 Å². The van der Waals surface area contributed by atoms with Crippen molar-refractivity contribution in [3.63, 3.8) is 0 Å². The predicted molar refractivity (Wildman–Crippen MR) is 110 cm³/mol. The fourth-order valence-corrected chi connectivity index (χ4v) is 2.86. The van der Waals surface area contributed by atoms with Gasteiger partial charge in [-0.25, -0.2) is 5.48 Å². The van der Waals surface area contributed by atoms with Gasteiger partial charge in [0.1, 0.15) is 6.61 Å². The van der Waals surface area contributed by atoms with Crippen molar-refractivity contribution in [2.45, 2.75) is 45.8 Å². The zero-order valence-corrected chi connectivity index (χ0v) is 16.6. The number of nitrogens with zero attached hydrogens (tertiary/aromatic N) is 2. The quantitative estimate of drug-likeness (QED) is 0.373. The van der Waals surface area contributed by atoms with Crippen LogP contribution in [0.3, 0.4) is 0 Å². The Hall–Kier alpha value is -3.19. The summed E-state index contributed by atoms with van der Waals surface area (Å²) in [6.45, 7) is 2.88. The number of para-hydroxylation sites is 1. The lowest BCUT2D eigenvalue weighted by Gasteiger charge is -2.12. The van der Waals surface area contributed by atoms with Crippen LogP contribution in [-0.2, 0) is 24.4 Å². The van der Waals surface area contributed by atoms with Gasteiger partial charge < -0.3 is 9.84 Å². The van der Waals surface area contributed by atoms with E-state index in [2.05, 4.69) is 27.9 Å². The summed E-state index contributed by atoms with van der Waals surface area (Å²) in [4.78, 5) is 21.8. The Bertz CT molecular complexity index is 896. The number of hydrogen-bond acceptors (Lipinski definition) is 6. The summed E-state index contributed by atoms with van der Waals surface area (Å²) in [5.74, 6) is 0.256. The molecule has 3 rings (SSSR count). The summed E-state index contributed by atoms with van der Waals surface area (Å²) in [5, 5.41) is 7.30. The van der Waals surface area contributed by atoms with Crippen LogP contribution in [0.4, 0.5) is 5.69 Å². The number of aromatic nitrogens is 2. The molecular weight excluding hydrogens is 368 g/mol. The van der Waals surface area contributed by atoms with E-state index in [1.165, 1.54) is 12.8 Å². The molecule has 0 aliphatic carbocycles. The zero-order valence-electron chi connectivity index (χ0n) is 16.6. The van der Waals surface area contributed by atoms with Gasteiger partial charge in [-0.05, 0) is 42.7 Å². The molecular formula is C22H26N4O3. The number of hydroxylamine groups is 1. The fraction of sp³-hybridized carbons (Fsp3) is 0.318. The van der Waals surface area contributed by atoms with E-state index in [0.29, 0.717) is 17.9 Å². The molecule has 0 aliphatic heterocycles. The van der Waals surface area contributed by atoms with Gasteiger partial charge in [0, 0.05) is 30.7 Å². The van der Waals surface area contributed by atoms with Crippen molar-refractivity contribution in [1.29, 1.82) is 0 Å². The van der Waals surface area contributed by atoms with E-state index >= 15 is 0 Å². The van der Waals surface area contributed by atoms with E-state index < -0.39 is 0 Å². The minimum absolute atomic E-state index is 0.124. The molecule has 1 aromatic carbocycles. The van der Waals surface area contributed by atoms with E-state index in [1.54, 1.807) is 18.5 Å². The lowest BCUT2D eigenvalue weighted by atomic mass is 10.1. The maximum absolute atomic E-state index is 12.5. The van der Waals surface area contributed by atoms with Gasteiger partial charge in [0.05, 0.1) is 11.3 Å². The van der Waals surface area contributed by atoms with Gasteiger partial charge in [-0.15, -0.1) is 0 Å². The third-order valence-corrected chi connectivity index (χ3v) is 4.43. The second-order valence-electron chi connectivity index (χ2n) is 6.72. The number of amides is 1. The molecule has 3 aromatic rings. The molecule has 2 aromatic heterocycles. The molecule has 0 unspecified atom stereocenters. The smallest absolute Gasteiger partial charge is 0.276 e. The third kappa shape index (κ3) is 6.43. The van der Waals surface area contributed by atoms with Crippen molar-refractivity contribution >= 4 is 11.6 Å². The van der Waals surface area contributed by atoms with E-state index in [-0.39, 0.29) is 12.5 Å². The summed E-state index contributed by atoms with van der Waals surface area (Å²) in [6.07, 6.45) is 7.79. The highest BCUT2D eigenvalue weighted by atomic mass is 16.7. The van der Waals surface area contributed by atoms with E-state index in [9.17, 15) is 4.79 Å². The minimum Gasteiger partial charge on any atom is -0.380 e. The Morgan fingerprint density at radius 3 is 2.79 bits per heavy atom. The number of aryl methyl sites for hydroxylation is 1.